The van der Waals surface area contributed by atoms with Crippen molar-refractivity contribution in [2.75, 3.05) is 19.8 Å². The summed E-state index contributed by atoms with van der Waals surface area (Å²) in [4.78, 5) is 9.82. The summed E-state index contributed by atoms with van der Waals surface area (Å²) >= 11 is 0. The maximum atomic E-state index is 12.1. The van der Waals surface area contributed by atoms with Crippen molar-refractivity contribution in [1.29, 1.82) is 0 Å². The molecule has 0 aliphatic rings. The third kappa shape index (κ3) is 5.75. The number of hydrogen-bond donors (Lipinski definition) is 1. The summed E-state index contributed by atoms with van der Waals surface area (Å²) < 4.78 is 21.1. The maximum Gasteiger partial charge on any atom is 0.366 e. The Morgan fingerprint density at radius 2 is 2.27 bits per heavy atom. The summed E-state index contributed by atoms with van der Waals surface area (Å²) in [5.74, 6) is -1.61. The Bertz CT molecular complexity index is 117. The lowest BCUT2D eigenvalue weighted by Crippen LogP contribution is -2.20. The molecule has 1 unspecified atom stereocenters. The van der Waals surface area contributed by atoms with Crippen LogP contribution in [0.15, 0.2) is 0 Å². The van der Waals surface area contributed by atoms with Crippen LogP contribution in [-0.4, -0.2) is 37.3 Å². The van der Waals surface area contributed by atoms with E-state index in [2.05, 4.69) is 4.74 Å². The fourth-order valence-corrected chi connectivity index (χ4v) is 0.426. The van der Waals surface area contributed by atoms with Crippen molar-refractivity contribution in [3.8, 4) is 0 Å². The molecule has 5 heteroatoms. The van der Waals surface area contributed by atoms with E-state index < -0.39 is 12.3 Å². The zero-order chi connectivity index (χ0) is 8.69. The molecule has 0 heterocycles. The lowest BCUT2D eigenvalue weighted by atomic mass is 10.6. The second kappa shape index (κ2) is 6.06. The van der Waals surface area contributed by atoms with E-state index in [0.717, 1.165) is 0 Å². The third-order valence-corrected chi connectivity index (χ3v) is 0.890. The van der Waals surface area contributed by atoms with Crippen molar-refractivity contribution in [3.63, 3.8) is 0 Å². The van der Waals surface area contributed by atoms with Crippen LogP contribution >= 0.6 is 0 Å². The van der Waals surface area contributed by atoms with E-state index in [0.29, 0.717) is 6.61 Å². The quantitative estimate of drug-likeness (QED) is 0.581. The fraction of sp³-hybridized carbons (Fsp3) is 0.833. The van der Waals surface area contributed by atoms with E-state index in [-0.39, 0.29) is 13.2 Å². The van der Waals surface area contributed by atoms with Gasteiger partial charge in [-0.15, -0.1) is 0 Å². The van der Waals surface area contributed by atoms with Crippen LogP contribution in [0.2, 0.25) is 0 Å². The zero-order valence-electron chi connectivity index (χ0n) is 6.25. The third-order valence-electron chi connectivity index (χ3n) is 0.890. The van der Waals surface area contributed by atoms with E-state index in [1.807, 2.05) is 0 Å². The number of carbonyl (C=O) groups is 1. The van der Waals surface area contributed by atoms with Gasteiger partial charge in [-0.1, -0.05) is 0 Å². The van der Waals surface area contributed by atoms with Gasteiger partial charge in [-0.3, -0.25) is 0 Å². The first-order chi connectivity index (χ1) is 5.18. The van der Waals surface area contributed by atoms with Crippen LogP contribution in [0, 0.1) is 0 Å². The molecule has 0 saturated heterocycles. The van der Waals surface area contributed by atoms with Gasteiger partial charge in [0.25, 0.3) is 6.36 Å². The van der Waals surface area contributed by atoms with Gasteiger partial charge in [0.1, 0.15) is 0 Å². The number of aliphatic carboxylic acids is 1. The first kappa shape index (κ1) is 10.3. The second-order valence-corrected chi connectivity index (χ2v) is 1.72. The predicted molar refractivity (Wildman–Crippen MR) is 35.0 cm³/mol. The number of carboxylic acid groups (broad SMARTS) is 1. The number of rotatable bonds is 6. The largest absolute Gasteiger partial charge is 0.477 e. The van der Waals surface area contributed by atoms with Gasteiger partial charge in [-0.25, -0.2) is 9.18 Å². The minimum Gasteiger partial charge on any atom is -0.477 e. The highest BCUT2D eigenvalue weighted by molar-refractivity contribution is 5.70. The summed E-state index contributed by atoms with van der Waals surface area (Å²) in [5, 5.41) is 8.00. The highest BCUT2D eigenvalue weighted by Crippen LogP contribution is 1.92. The average molecular weight is 166 g/mol. The summed E-state index contributed by atoms with van der Waals surface area (Å²) in [6.45, 7) is 2.46. The highest BCUT2D eigenvalue weighted by atomic mass is 19.1. The number of alkyl halides is 1. The summed E-state index contributed by atoms with van der Waals surface area (Å²) in [6, 6.07) is 0. The molecular weight excluding hydrogens is 155 g/mol. The van der Waals surface area contributed by atoms with Crippen LogP contribution in [0.5, 0.6) is 0 Å². The average Bonchev–Trinajstić information content (AvgIpc) is 1.97. The van der Waals surface area contributed by atoms with Crippen LogP contribution in [-0.2, 0) is 14.3 Å². The summed E-state index contributed by atoms with van der Waals surface area (Å²) in [7, 11) is 0. The molecule has 0 aromatic carbocycles. The van der Waals surface area contributed by atoms with Gasteiger partial charge in [-0.05, 0) is 6.92 Å². The van der Waals surface area contributed by atoms with Crippen LogP contribution < -0.4 is 0 Å². The predicted octanol–water partition coefficient (Wildman–Crippen LogP) is 0.420. The topological polar surface area (TPSA) is 55.8 Å². The van der Waals surface area contributed by atoms with Crippen LogP contribution in [0.4, 0.5) is 4.39 Å². The minimum absolute atomic E-state index is 0.0404. The molecule has 0 bridgehead atoms. The maximum absolute atomic E-state index is 12.1. The Balaban J connectivity index is 3.17. The van der Waals surface area contributed by atoms with Crippen molar-refractivity contribution >= 4 is 5.97 Å². The number of halogens is 1. The Hall–Kier alpha value is -0.680. The Kier molecular flexibility index (Phi) is 5.68. The van der Waals surface area contributed by atoms with Gasteiger partial charge >= 0.3 is 5.97 Å². The molecule has 11 heavy (non-hydrogen) atoms. The molecule has 0 rings (SSSR count). The number of hydrogen-bond acceptors (Lipinski definition) is 3. The molecule has 0 aromatic heterocycles. The normalized spacial score (nSPS) is 12.9. The molecule has 1 atom stereocenters. The summed E-state index contributed by atoms with van der Waals surface area (Å²) in [6.07, 6.45) is -2.24. The van der Waals surface area contributed by atoms with Crippen molar-refractivity contribution in [2.24, 2.45) is 0 Å². The number of carboxylic acids is 1. The van der Waals surface area contributed by atoms with Gasteiger partial charge in [-0.2, -0.15) is 0 Å². The Labute approximate surface area is 63.9 Å². The number of ether oxygens (including phenoxy) is 2. The van der Waals surface area contributed by atoms with Crippen LogP contribution in [0.1, 0.15) is 6.92 Å². The van der Waals surface area contributed by atoms with Gasteiger partial charge in [0, 0.05) is 6.61 Å². The molecule has 1 N–H and O–H groups in total. The van der Waals surface area contributed by atoms with E-state index in [1.54, 1.807) is 6.92 Å². The van der Waals surface area contributed by atoms with Gasteiger partial charge in [0.15, 0.2) is 0 Å². The molecule has 0 aliphatic carbocycles. The van der Waals surface area contributed by atoms with Crippen molar-refractivity contribution in [3.05, 3.63) is 0 Å². The fourth-order valence-electron chi connectivity index (χ4n) is 0.426. The Morgan fingerprint density at radius 1 is 1.64 bits per heavy atom. The standard InChI is InChI=1S/C6H11FO4/c1-2-10-3-4-11-5(7)6(8)9/h5H,2-4H2,1H3,(H,8,9). The molecular formula is C6H11FO4. The van der Waals surface area contributed by atoms with Crippen LogP contribution in [0.25, 0.3) is 0 Å². The molecule has 0 spiro atoms. The molecule has 0 aliphatic heterocycles. The molecule has 0 fully saturated rings. The molecule has 0 aromatic rings. The SMILES string of the molecule is CCOCCOC(F)C(=O)O. The molecule has 66 valence electrons. The molecule has 0 radical (unpaired) electrons. The molecule has 0 amide bonds. The van der Waals surface area contributed by atoms with Gasteiger partial charge < -0.3 is 14.6 Å². The second-order valence-electron chi connectivity index (χ2n) is 1.72. The lowest BCUT2D eigenvalue weighted by molar-refractivity contribution is -0.164. The molecule has 0 saturated carbocycles. The summed E-state index contributed by atoms with van der Waals surface area (Å²) in [5.41, 5.74) is 0. The molecule has 4 nitrogen and oxygen atoms in total. The zero-order valence-corrected chi connectivity index (χ0v) is 6.25. The van der Waals surface area contributed by atoms with E-state index in [9.17, 15) is 9.18 Å². The smallest absolute Gasteiger partial charge is 0.366 e. The van der Waals surface area contributed by atoms with Gasteiger partial charge in [0.05, 0.1) is 13.2 Å². The van der Waals surface area contributed by atoms with Crippen LogP contribution in [0.3, 0.4) is 0 Å². The highest BCUT2D eigenvalue weighted by Gasteiger charge is 2.14. The van der Waals surface area contributed by atoms with Gasteiger partial charge in [0.2, 0.25) is 0 Å². The van der Waals surface area contributed by atoms with E-state index in [1.165, 1.54) is 0 Å². The van der Waals surface area contributed by atoms with Crippen molar-refractivity contribution < 1.29 is 23.8 Å². The monoisotopic (exact) mass is 166 g/mol. The van der Waals surface area contributed by atoms with Crippen molar-refractivity contribution in [1.82, 2.24) is 0 Å². The van der Waals surface area contributed by atoms with Crippen molar-refractivity contribution in [2.45, 2.75) is 13.3 Å². The minimum atomic E-state index is -2.24. The Morgan fingerprint density at radius 3 is 2.73 bits per heavy atom. The first-order valence-corrected chi connectivity index (χ1v) is 3.24. The lowest BCUT2D eigenvalue weighted by Gasteiger charge is -2.04. The van der Waals surface area contributed by atoms with E-state index >= 15 is 0 Å². The first-order valence-electron chi connectivity index (χ1n) is 3.24. The van der Waals surface area contributed by atoms with E-state index in [4.69, 9.17) is 9.84 Å².